The fraction of sp³-hybridized carbons (Fsp3) is 0.471. The van der Waals surface area contributed by atoms with Crippen LogP contribution in [0.1, 0.15) is 35.0 Å². The van der Waals surface area contributed by atoms with Crippen LogP contribution < -0.4 is 0 Å². The van der Waals surface area contributed by atoms with Gasteiger partial charge in [-0.25, -0.2) is 0 Å². The lowest BCUT2D eigenvalue weighted by atomic mass is 10.00. The van der Waals surface area contributed by atoms with Gasteiger partial charge in [-0.1, -0.05) is 18.2 Å². The molecule has 0 amide bonds. The Labute approximate surface area is 121 Å². The molecule has 0 saturated carbocycles. The summed E-state index contributed by atoms with van der Waals surface area (Å²) in [5, 5.41) is 14.7. The van der Waals surface area contributed by atoms with Crippen molar-refractivity contribution in [1.82, 2.24) is 9.78 Å². The number of aliphatic hydroxyl groups is 1. The number of rotatable bonds is 5. The number of hydrogen-bond acceptors (Lipinski definition) is 2. The van der Waals surface area contributed by atoms with Crippen molar-refractivity contribution in [2.24, 2.45) is 0 Å². The maximum absolute atomic E-state index is 10.3. The predicted molar refractivity (Wildman–Crippen MR) is 82.0 cm³/mol. The molecule has 0 bridgehead atoms. The third-order valence-corrected chi connectivity index (χ3v) is 3.77. The predicted octanol–water partition coefficient (Wildman–Crippen LogP) is 2.97. The second-order valence-electron chi connectivity index (χ2n) is 5.57. The second-order valence-corrected chi connectivity index (χ2v) is 5.57. The van der Waals surface area contributed by atoms with Crippen molar-refractivity contribution in [3.05, 3.63) is 52.3 Å². The number of aryl methyl sites for hydroxylation is 4. The zero-order chi connectivity index (χ0) is 14.7. The second kappa shape index (κ2) is 6.23. The van der Waals surface area contributed by atoms with Gasteiger partial charge < -0.3 is 5.11 Å². The molecule has 0 aliphatic heterocycles. The molecule has 3 nitrogen and oxygen atoms in total. The molecule has 0 aliphatic rings. The molecule has 0 radical (unpaired) electrons. The van der Waals surface area contributed by atoms with Crippen molar-refractivity contribution in [3.8, 4) is 0 Å². The van der Waals surface area contributed by atoms with Gasteiger partial charge in [0.25, 0.3) is 0 Å². The summed E-state index contributed by atoms with van der Waals surface area (Å²) >= 11 is 0. The van der Waals surface area contributed by atoms with Crippen LogP contribution in [-0.4, -0.2) is 21.0 Å². The van der Waals surface area contributed by atoms with Gasteiger partial charge in [-0.15, -0.1) is 0 Å². The van der Waals surface area contributed by atoms with E-state index in [9.17, 15) is 5.11 Å². The summed E-state index contributed by atoms with van der Waals surface area (Å²) in [4.78, 5) is 0. The van der Waals surface area contributed by atoms with E-state index in [4.69, 9.17) is 0 Å². The first-order valence-corrected chi connectivity index (χ1v) is 7.27. The first kappa shape index (κ1) is 14.8. The lowest BCUT2D eigenvalue weighted by molar-refractivity contribution is 0.172. The van der Waals surface area contributed by atoms with Gasteiger partial charge in [0.2, 0.25) is 0 Å². The van der Waals surface area contributed by atoms with Crippen LogP contribution in [0.15, 0.2) is 24.3 Å². The van der Waals surface area contributed by atoms with Gasteiger partial charge in [-0.05, 0) is 56.9 Å². The fourth-order valence-corrected chi connectivity index (χ4v) is 2.55. The van der Waals surface area contributed by atoms with Gasteiger partial charge in [-0.2, -0.15) is 5.10 Å². The van der Waals surface area contributed by atoms with Crippen molar-refractivity contribution in [1.29, 1.82) is 0 Å². The molecule has 1 aromatic carbocycles. The Balaban J connectivity index is 2.04. The summed E-state index contributed by atoms with van der Waals surface area (Å²) in [6.07, 6.45) is 0.981. The monoisotopic (exact) mass is 272 g/mol. The Morgan fingerprint density at radius 2 is 1.85 bits per heavy atom. The Morgan fingerprint density at radius 1 is 1.10 bits per heavy atom. The normalized spacial score (nSPS) is 12.7. The Morgan fingerprint density at radius 3 is 2.50 bits per heavy atom. The van der Waals surface area contributed by atoms with Crippen LogP contribution in [0.2, 0.25) is 0 Å². The van der Waals surface area contributed by atoms with Crippen molar-refractivity contribution in [2.75, 3.05) is 0 Å². The lowest BCUT2D eigenvalue weighted by Gasteiger charge is -2.12. The highest BCUT2D eigenvalue weighted by Gasteiger charge is 2.12. The number of hydrogen-bond donors (Lipinski definition) is 1. The molecule has 108 valence electrons. The summed E-state index contributed by atoms with van der Waals surface area (Å²) in [5.41, 5.74) is 5.90. The van der Waals surface area contributed by atoms with Crippen LogP contribution in [0.4, 0.5) is 0 Å². The average Bonchev–Trinajstić information content (AvgIpc) is 2.74. The van der Waals surface area contributed by atoms with Crippen LogP contribution in [0.5, 0.6) is 0 Å². The molecule has 1 atom stereocenters. The zero-order valence-corrected chi connectivity index (χ0v) is 12.8. The van der Waals surface area contributed by atoms with Crippen molar-refractivity contribution < 1.29 is 5.11 Å². The highest BCUT2D eigenvalue weighted by molar-refractivity contribution is 5.30. The van der Waals surface area contributed by atoms with Gasteiger partial charge in [0.15, 0.2) is 0 Å². The first-order valence-electron chi connectivity index (χ1n) is 7.27. The molecule has 0 fully saturated rings. The molecule has 2 aromatic rings. The number of aromatic nitrogens is 2. The Kier molecular flexibility index (Phi) is 4.61. The average molecular weight is 272 g/mol. The first-order chi connectivity index (χ1) is 9.49. The highest BCUT2D eigenvalue weighted by atomic mass is 16.3. The largest absolute Gasteiger partial charge is 0.392 e. The van der Waals surface area contributed by atoms with Crippen LogP contribution in [0.3, 0.4) is 0 Å². The summed E-state index contributed by atoms with van der Waals surface area (Å²) < 4.78 is 1.97. The summed E-state index contributed by atoms with van der Waals surface area (Å²) in [6.45, 7) is 9.13. The van der Waals surface area contributed by atoms with Crippen molar-refractivity contribution in [2.45, 2.75) is 53.2 Å². The standard InChI is InChI=1S/C17H24N2O/c1-5-19-16(9-14(4)18-19)11-17(20)10-15-7-6-12(2)13(3)8-15/h6-9,17,20H,5,10-11H2,1-4H3. The van der Waals surface area contributed by atoms with Gasteiger partial charge in [0.05, 0.1) is 11.8 Å². The lowest BCUT2D eigenvalue weighted by Crippen LogP contribution is -2.17. The van der Waals surface area contributed by atoms with E-state index in [1.165, 1.54) is 16.7 Å². The molecule has 1 unspecified atom stereocenters. The van der Waals surface area contributed by atoms with E-state index in [-0.39, 0.29) is 6.10 Å². The Hall–Kier alpha value is -1.61. The smallest absolute Gasteiger partial charge is 0.0635 e. The van der Waals surface area contributed by atoms with Gasteiger partial charge in [0, 0.05) is 18.7 Å². The number of aliphatic hydroxyl groups excluding tert-OH is 1. The molecule has 1 aromatic heterocycles. The Bertz CT molecular complexity index is 587. The molecule has 3 heteroatoms. The third-order valence-electron chi connectivity index (χ3n) is 3.77. The molecule has 0 aliphatic carbocycles. The van der Waals surface area contributed by atoms with Gasteiger partial charge in [0.1, 0.15) is 0 Å². The van der Waals surface area contributed by atoms with Gasteiger partial charge >= 0.3 is 0 Å². The van der Waals surface area contributed by atoms with E-state index in [0.717, 1.165) is 17.9 Å². The SMILES string of the molecule is CCn1nc(C)cc1CC(O)Cc1ccc(C)c(C)c1. The number of nitrogens with zero attached hydrogens (tertiary/aromatic N) is 2. The van der Waals surface area contributed by atoms with Crippen molar-refractivity contribution >= 4 is 0 Å². The quantitative estimate of drug-likeness (QED) is 0.908. The summed E-state index contributed by atoms with van der Waals surface area (Å²) in [5.74, 6) is 0. The highest BCUT2D eigenvalue weighted by Crippen LogP contribution is 2.14. The molecule has 0 saturated heterocycles. The molecule has 0 spiro atoms. The minimum atomic E-state index is -0.362. The summed E-state index contributed by atoms with van der Waals surface area (Å²) in [7, 11) is 0. The fourth-order valence-electron chi connectivity index (χ4n) is 2.55. The molecule has 2 rings (SSSR count). The maximum Gasteiger partial charge on any atom is 0.0635 e. The minimum Gasteiger partial charge on any atom is -0.392 e. The number of benzene rings is 1. The summed E-state index contributed by atoms with van der Waals surface area (Å²) in [6, 6.07) is 8.46. The van der Waals surface area contributed by atoms with Crippen LogP contribution in [0.25, 0.3) is 0 Å². The van der Waals surface area contributed by atoms with Gasteiger partial charge in [-0.3, -0.25) is 4.68 Å². The zero-order valence-electron chi connectivity index (χ0n) is 12.8. The van der Waals surface area contributed by atoms with Crippen molar-refractivity contribution in [3.63, 3.8) is 0 Å². The topological polar surface area (TPSA) is 38.0 Å². The molecule has 1 heterocycles. The van der Waals surface area contributed by atoms with Crippen LogP contribution in [-0.2, 0) is 19.4 Å². The van der Waals surface area contributed by atoms with E-state index in [1.807, 2.05) is 11.6 Å². The molecule has 20 heavy (non-hydrogen) atoms. The molecular formula is C17H24N2O. The van der Waals surface area contributed by atoms with E-state index in [2.05, 4.69) is 50.1 Å². The van der Waals surface area contributed by atoms with E-state index in [1.54, 1.807) is 0 Å². The third kappa shape index (κ3) is 3.48. The van der Waals surface area contributed by atoms with Crippen LogP contribution >= 0.6 is 0 Å². The molecular weight excluding hydrogens is 248 g/mol. The molecule has 1 N–H and O–H groups in total. The minimum absolute atomic E-state index is 0.362. The maximum atomic E-state index is 10.3. The van der Waals surface area contributed by atoms with E-state index < -0.39 is 0 Å². The van der Waals surface area contributed by atoms with Crippen LogP contribution in [0, 0.1) is 20.8 Å². The van der Waals surface area contributed by atoms with E-state index >= 15 is 0 Å². The van der Waals surface area contributed by atoms with E-state index in [0.29, 0.717) is 12.8 Å².